The highest BCUT2D eigenvalue weighted by Gasteiger charge is 2.21. The Morgan fingerprint density at radius 1 is 1.15 bits per heavy atom. The van der Waals surface area contributed by atoms with Crippen LogP contribution in [0.4, 0.5) is 5.69 Å². The van der Waals surface area contributed by atoms with Crippen molar-refractivity contribution in [2.75, 3.05) is 31.2 Å². The van der Waals surface area contributed by atoms with E-state index in [0.29, 0.717) is 19.8 Å². The minimum Gasteiger partial charge on any atom is -0.378 e. The van der Waals surface area contributed by atoms with Gasteiger partial charge >= 0.3 is 0 Å². The van der Waals surface area contributed by atoms with Crippen molar-refractivity contribution < 1.29 is 9.53 Å². The summed E-state index contributed by atoms with van der Waals surface area (Å²) < 4.78 is 9.30. The smallest absolute Gasteiger partial charge is 0.217 e. The molecular weight excluding hydrogens is 418 g/mol. The van der Waals surface area contributed by atoms with Crippen molar-refractivity contribution in [2.24, 2.45) is 7.05 Å². The van der Waals surface area contributed by atoms with E-state index >= 15 is 0 Å². The van der Waals surface area contributed by atoms with E-state index in [1.54, 1.807) is 0 Å². The molecule has 170 valence electrons. The first-order valence-corrected chi connectivity index (χ1v) is 11.1. The third kappa shape index (κ3) is 4.19. The molecule has 1 aliphatic heterocycles. The molecule has 1 aliphatic rings. The van der Waals surface area contributed by atoms with E-state index in [2.05, 4.69) is 35.3 Å². The van der Waals surface area contributed by atoms with Crippen molar-refractivity contribution in [1.82, 2.24) is 29.6 Å². The van der Waals surface area contributed by atoms with Crippen molar-refractivity contribution in [3.8, 4) is 17.1 Å². The van der Waals surface area contributed by atoms with Gasteiger partial charge in [0.1, 0.15) is 11.3 Å². The number of aryl methyl sites for hydroxylation is 2. The van der Waals surface area contributed by atoms with Crippen LogP contribution in [0, 0.1) is 6.92 Å². The van der Waals surface area contributed by atoms with E-state index in [-0.39, 0.29) is 5.91 Å². The molecule has 0 bridgehead atoms. The average molecular weight is 446 g/mol. The number of nitrogens with one attached hydrogen (secondary N) is 1. The van der Waals surface area contributed by atoms with Gasteiger partial charge in [0, 0.05) is 44.9 Å². The Balaban J connectivity index is 1.60. The van der Waals surface area contributed by atoms with Crippen LogP contribution in [-0.2, 0) is 23.1 Å². The van der Waals surface area contributed by atoms with Gasteiger partial charge in [0.2, 0.25) is 5.91 Å². The standard InChI is InChI=1S/C24H27N7O2/c1-16-5-4-6-18(13-16)19-7-8-31(28-19)21-14-20(30-9-11-33-12-10-30)23-24(27-21)29(3)22(26-23)15-25-17(2)32/h4-8,13-14H,9-12,15H2,1-3H3,(H,25,32). The van der Waals surface area contributed by atoms with E-state index < -0.39 is 0 Å². The number of pyridine rings is 1. The fourth-order valence-corrected chi connectivity index (χ4v) is 4.10. The van der Waals surface area contributed by atoms with E-state index in [1.165, 1.54) is 12.5 Å². The van der Waals surface area contributed by atoms with Gasteiger partial charge in [-0.05, 0) is 19.1 Å². The molecule has 3 aromatic heterocycles. The Morgan fingerprint density at radius 2 is 1.97 bits per heavy atom. The fourth-order valence-electron chi connectivity index (χ4n) is 4.10. The lowest BCUT2D eigenvalue weighted by Gasteiger charge is -2.29. The number of benzene rings is 1. The summed E-state index contributed by atoms with van der Waals surface area (Å²) in [4.78, 5) is 23.4. The third-order valence-electron chi connectivity index (χ3n) is 5.87. The minimum absolute atomic E-state index is 0.0932. The van der Waals surface area contributed by atoms with Gasteiger partial charge in [0.25, 0.3) is 0 Å². The number of amides is 1. The number of hydrogen-bond acceptors (Lipinski definition) is 6. The van der Waals surface area contributed by atoms with Gasteiger partial charge in [0.15, 0.2) is 11.5 Å². The summed E-state index contributed by atoms with van der Waals surface area (Å²) in [5.74, 6) is 1.38. The van der Waals surface area contributed by atoms with Crippen LogP contribution in [-0.4, -0.2) is 56.5 Å². The van der Waals surface area contributed by atoms with E-state index in [4.69, 9.17) is 19.8 Å². The number of rotatable bonds is 5. The minimum atomic E-state index is -0.0932. The van der Waals surface area contributed by atoms with Crippen LogP contribution >= 0.6 is 0 Å². The number of morpholine rings is 1. The number of aromatic nitrogens is 5. The largest absolute Gasteiger partial charge is 0.378 e. The van der Waals surface area contributed by atoms with Crippen molar-refractivity contribution in [1.29, 1.82) is 0 Å². The Morgan fingerprint density at radius 3 is 2.73 bits per heavy atom. The predicted octanol–water partition coefficient (Wildman–Crippen LogP) is 2.60. The molecule has 0 atom stereocenters. The average Bonchev–Trinajstić information content (AvgIpc) is 3.43. The molecule has 4 heterocycles. The fraction of sp³-hybridized carbons (Fsp3) is 0.333. The molecule has 0 aliphatic carbocycles. The van der Waals surface area contributed by atoms with Gasteiger partial charge < -0.3 is 19.5 Å². The molecule has 1 aromatic carbocycles. The number of nitrogens with zero attached hydrogens (tertiary/aromatic N) is 6. The Kier molecular flexibility index (Phi) is 5.55. The molecule has 1 amide bonds. The van der Waals surface area contributed by atoms with Crippen molar-refractivity contribution >= 4 is 22.8 Å². The van der Waals surface area contributed by atoms with E-state index in [0.717, 1.165) is 52.8 Å². The highest BCUT2D eigenvalue weighted by molar-refractivity contribution is 5.88. The summed E-state index contributed by atoms with van der Waals surface area (Å²) in [6.07, 6.45) is 1.93. The van der Waals surface area contributed by atoms with Crippen molar-refractivity contribution in [3.05, 3.63) is 54.0 Å². The lowest BCUT2D eigenvalue weighted by Crippen LogP contribution is -2.36. The predicted molar refractivity (Wildman–Crippen MR) is 126 cm³/mol. The molecule has 0 radical (unpaired) electrons. The molecule has 9 heteroatoms. The molecule has 1 N–H and O–H groups in total. The third-order valence-corrected chi connectivity index (χ3v) is 5.87. The second-order valence-electron chi connectivity index (χ2n) is 8.28. The zero-order valence-electron chi connectivity index (χ0n) is 19.1. The highest BCUT2D eigenvalue weighted by atomic mass is 16.5. The van der Waals surface area contributed by atoms with Crippen LogP contribution in [0.5, 0.6) is 0 Å². The molecule has 0 saturated carbocycles. The first kappa shape index (κ1) is 21.1. The summed E-state index contributed by atoms with van der Waals surface area (Å²) in [5.41, 5.74) is 5.72. The van der Waals surface area contributed by atoms with Gasteiger partial charge in [-0.15, -0.1) is 0 Å². The number of imidazole rings is 1. The lowest BCUT2D eigenvalue weighted by molar-refractivity contribution is -0.119. The molecule has 9 nitrogen and oxygen atoms in total. The maximum absolute atomic E-state index is 11.4. The van der Waals surface area contributed by atoms with Gasteiger partial charge in [-0.1, -0.05) is 23.8 Å². The van der Waals surface area contributed by atoms with Crippen molar-refractivity contribution in [3.63, 3.8) is 0 Å². The quantitative estimate of drug-likeness (QED) is 0.508. The van der Waals surface area contributed by atoms with Gasteiger partial charge in [-0.2, -0.15) is 5.10 Å². The second-order valence-corrected chi connectivity index (χ2v) is 8.28. The maximum Gasteiger partial charge on any atom is 0.217 e. The molecule has 0 unspecified atom stereocenters. The summed E-state index contributed by atoms with van der Waals surface area (Å²) in [7, 11) is 1.92. The van der Waals surface area contributed by atoms with Crippen molar-refractivity contribution in [2.45, 2.75) is 20.4 Å². The summed E-state index contributed by atoms with van der Waals surface area (Å²) in [5, 5.41) is 7.64. The molecule has 33 heavy (non-hydrogen) atoms. The van der Waals surface area contributed by atoms with Crippen LogP contribution < -0.4 is 10.2 Å². The number of carbonyl (C=O) groups excluding carboxylic acids is 1. The van der Waals surface area contributed by atoms with Crippen LogP contribution in [0.2, 0.25) is 0 Å². The molecule has 1 saturated heterocycles. The van der Waals surface area contributed by atoms with Gasteiger partial charge in [-0.25, -0.2) is 14.6 Å². The van der Waals surface area contributed by atoms with Crippen LogP contribution in [0.1, 0.15) is 18.3 Å². The zero-order valence-corrected chi connectivity index (χ0v) is 19.1. The van der Waals surface area contributed by atoms with Crippen LogP contribution in [0.15, 0.2) is 42.6 Å². The number of fused-ring (bicyclic) bond motifs is 1. The Labute approximate surface area is 192 Å². The maximum atomic E-state index is 11.4. The summed E-state index contributed by atoms with van der Waals surface area (Å²) in [6, 6.07) is 12.3. The summed E-state index contributed by atoms with van der Waals surface area (Å²) in [6.45, 7) is 6.83. The Hall–Kier alpha value is -3.72. The molecule has 5 rings (SSSR count). The molecule has 1 fully saturated rings. The number of ether oxygens (including phenoxy) is 1. The van der Waals surface area contributed by atoms with Gasteiger partial charge in [-0.3, -0.25) is 4.79 Å². The monoisotopic (exact) mass is 445 g/mol. The molecule has 4 aromatic rings. The highest BCUT2D eigenvalue weighted by Crippen LogP contribution is 2.29. The zero-order chi connectivity index (χ0) is 22.9. The topological polar surface area (TPSA) is 90.1 Å². The first-order chi connectivity index (χ1) is 16.0. The first-order valence-electron chi connectivity index (χ1n) is 11.1. The SMILES string of the molecule is CC(=O)NCc1nc2c(N3CCOCC3)cc(-n3ccc(-c4cccc(C)c4)n3)nc2n1C. The summed E-state index contributed by atoms with van der Waals surface area (Å²) >= 11 is 0. The van der Waals surface area contributed by atoms with Crippen LogP contribution in [0.25, 0.3) is 28.2 Å². The molecular formula is C24H27N7O2. The van der Waals surface area contributed by atoms with E-state index in [1.807, 2.05) is 40.7 Å². The molecule has 0 spiro atoms. The number of hydrogen-bond donors (Lipinski definition) is 1. The number of carbonyl (C=O) groups is 1. The second kappa shape index (κ2) is 8.67. The van der Waals surface area contributed by atoms with Gasteiger partial charge in [0.05, 0.1) is 31.1 Å². The van der Waals surface area contributed by atoms with Crippen LogP contribution in [0.3, 0.4) is 0 Å². The normalized spacial score (nSPS) is 14.1. The Bertz CT molecular complexity index is 1320. The number of anilines is 1. The lowest BCUT2D eigenvalue weighted by atomic mass is 10.1. The van der Waals surface area contributed by atoms with E-state index in [9.17, 15) is 4.79 Å².